The van der Waals surface area contributed by atoms with Gasteiger partial charge >= 0.3 is 11.9 Å². The average molecular weight is 244 g/mol. The summed E-state index contributed by atoms with van der Waals surface area (Å²) in [5, 5.41) is 0. The Morgan fingerprint density at radius 3 is 2.39 bits per heavy atom. The maximum absolute atomic E-state index is 11.6. The van der Waals surface area contributed by atoms with Gasteiger partial charge in [-0.15, -0.1) is 0 Å². The number of carbonyl (C=O) groups is 2. The van der Waals surface area contributed by atoms with E-state index < -0.39 is 17.7 Å². The van der Waals surface area contributed by atoms with Gasteiger partial charge in [0, 0.05) is 24.1 Å². The third kappa shape index (κ3) is 1.70. The Bertz CT molecular complexity index is 524. The molecule has 0 atom stereocenters. The van der Waals surface area contributed by atoms with E-state index in [0.29, 0.717) is 6.42 Å². The third-order valence-corrected chi connectivity index (χ3v) is 3.27. The number of ether oxygens (including phenoxy) is 2. The molecule has 1 aromatic rings. The Labute approximate surface area is 104 Å². The zero-order chi connectivity index (χ0) is 12.6. The number of carbonyl (C=O) groups excluding carboxylic acids is 2. The van der Waals surface area contributed by atoms with Gasteiger partial charge in [0.25, 0.3) is 5.79 Å². The predicted molar refractivity (Wildman–Crippen MR) is 62.4 cm³/mol. The molecule has 0 bridgehead atoms. The molecule has 1 spiro atoms. The van der Waals surface area contributed by atoms with Gasteiger partial charge in [0.1, 0.15) is 0 Å². The molecule has 1 heterocycles. The van der Waals surface area contributed by atoms with Gasteiger partial charge < -0.3 is 9.47 Å². The van der Waals surface area contributed by atoms with Gasteiger partial charge in [0.2, 0.25) is 0 Å². The van der Waals surface area contributed by atoms with Gasteiger partial charge in [-0.2, -0.15) is 0 Å². The quantitative estimate of drug-likeness (QED) is 0.653. The maximum Gasteiger partial charge on any atom is 0.334 e. The fourth-order valence-corrected chi connectivity index (χ4v) is 2.52. The van der Waals surface area contributed by atoms with Crippen LogP contribution in [0.3, 0.4) is 0 Å². The van der Waals surface area contributed by atoms with Crippen molar-refractivity contribution in [1.29, 1.82) is 0 Å². The molecule has 0 unspecified atom stereocenters. The van der Waals surface area contributed by atoms with E-state index >= 15 is 0 Å². The maximum atomic E-state index is 11.6. The molecule has 1 aliphatic heterocycles. The first kappa shape index (κ1) is 11.0. The zero-order valence-corrected chi connectivity index (χ0v) is 9.72. The van der Waals surface area contributed by atoms with E-state index in [0.717, 1.165) is 36.1 Å². The molecule has 0 N–H and O–H groups in total. The summed E-state index contributed by atoms with van der Waals surface area (Å²) in [7, 11) is 0. The molecule has 1 aromatic carbocycles. The first-order valence-corrected chi connectivity index (χ1v) is 5.92. The van der Waals surface area contributed by atoms with E-state index in [1.54, 1.807) is 0 Å². The second kappa shape index (κ2) is 3.98. The van der Waals surface area contributed by atoms with Crippen LogP contribution >= 0.6 is 0 Å². The minimum Gasteiger partial charge on any atom is -0.415 e. The lowest BCUT2D eigenvalue weighted by molar-refractivity contribution is -0.231. The standard InChI is InChI=1S/C14H12O4/c15-12-7-8-13(16)18-14(17-12)9-3-5-10-4-1-2-6-11(10)14/h1-2,4,6-8H,3,5,9H2. The summed E-state index contributed by atoms with van der Waals surface area (Å²) in [5.41, 5.74) is 1.84. The van der Waals surface area contributed by atoms with Gasteiger partial charge in [-0.1, -0.05) is 24.3 Å². The van der Waals surface area contributed by atoms with Crippen LogP contribution in [0.5, 0.6) is 0 Å². The highest BCUT2D eigenvalue weighted by atomic mass is 16.7. The van der Waals surface area contributed by atoms with Crippen LogP contribution in [0.25, 0.3) is 0 Å². The number of benzene rings is 1. The minimum absolute atomic E-state index is 0.503. The van der Waals surface area contributed by atoms with Crippen LogP contribution in [-0.4, -0.2) is 11.9 Å². The lowest BCUT2D eigenvalue weighted by Gasteiger charge is -2.36. The largest absolute Gasteiger partial charge is 0.415 e. The van der Waals surface area contributed by atoms with Crippen molar-refractivity contribution in [2.45, 2.75) is 25.0 Å². The summed E-state index contributed by atoms with van der Waals surface area (Å²) >= 11 is 0. The summed E-state index contributed by atoms with van der Waals surface area (Å²) in [6.07, 6.45) is 4.43. The van der Waals surface area contributed by atoms with E-state index in [-0.39, 0.29) is 0 Å². The Hall–Kier alpha value is -2.10. The summed E-state index contributed by atoms with van der Waals surface area (Å²) in [4.78, 5) is 23.1. The molecular formula is C14H12O4. The molecule has 0 amide bonds. The molecule has 0 saturated heterocycles. The molecular weight excluding hydrogens is 232 g/mol. The lowest BCUT2D eigenvalue weighted by Crippen LogP contribution is -2.38. The van der Waals surface area contributed by atoms with Crippen molar-refractivity contribution in [3.63, 3.8) is 0 Å². The first-order valence-electron chi connectivity index (χ1n) is 5.92. The highest BCUT2D eigenvalue weighted by molar-refractivity contribution is 5.93. The van der Waals surface area contributed by atoms with Crippen molar-refractivity contribution in [3.8, 4) is 0 Å². The molecule has 4 nitrogen and oxygen atoms in total. The van der Waals surface area contributed by atoms with E-state index in [1.165, 1.54) is 0 Å². The van der Waals surface area contributed by atoms with Gasteiger partial charge in [-0.3, -0.25) is 0 Å². The van der Waals surface area contributed by atoms with E-state index in [9.17, 15) is 9.59 Å². The van der Waals surface area contributed by atoms with Crippen molar-refractivity contribution in [2.24, 2.45) is 0 Å². The number of aryl methyl sites for hydroxylation is 1. The van der Waals surface area contributed by atoms with Crippen LogP contribution in [0.1, 0.15) is 24.0 Å². The van der Waals surface area contributed by atoms with Crippen LogP contribution in [0.15, 0.2) is 36.4 Å². The third-order valence-electron chi connectivity index (χ3n) is 3.27. The normalized spacial score (nSPS) is 20.9. The summed E-state index contributed by atoms with van der Waals surface area (Å²) in [6.45, 7) is 0. The average Bonchev–Trinajstić information content (AvgIpc) is 2.50. The molecule has 0 radical (unpaired) electrons. The predicted octanol–water partition coefficient (Wildman–Crippen LogP) is 1.83. The molecule has 0 fully saturated rings. The van der Waals surface area contributed by atoms with Crippen molar-refractivity contribution in [2.75, 3.05) is 0 Å². The Kier molecular flexibility index (Phi) is 2.44. The van der Waals surface area contributed by atoms with Gasteiger partial charge in [0.05, 0.1) is 0 Å². The summed E-state index contributed by atoms with van der Waals surface area (Å²) < 4.78 is 10.7. The van der Waals surface area contributed by atoms with Crippen LogP contribution in [0.2, 0.25) is 0 Å². The Balaban J connectivity index is 2.10. The molecule has 1 aliphatic carbocycles. The smallest absolute Gasteiger partial charge is 0.334 e. The SMILES string of the molecule is O=C1C=CC(=O)OC2(CCCc3ccccc32)O1. The van der Waals surface area contributed by atoms with Crippen molar-refractivity contribution >= 4 is 11.9 Å². The van der Waals surface area contributed by atoms with Crippen LogP contribution < -0.4 is 0 Å². The zero-order valence-electron chi connectivity index (χ0n) is 9.72. The number of rotatable bonds is 0. The van der Waals surface area contributed by atoms with Gasteiger partial charge in [0.15, 0.2) is 0 Å². The lowest BCUT2D eigenvalue weighted by atomic mass is 9.86. The van der Waals surface area contributed by atoms with E-state index in [2.05, 4.69) is 0 Å². The highest BCUT2D eigenvalue weighted by Gasteiger charge is 2.44. The van der Waals surface area contributed by atoms with Gasteiger partial charge in [-0.05, 0) is 18.4 Å². The minimum atomic E-state index is -1.24. The topological polar surface area (TPSA) is 52.6 Å². The Morgan fingerprint density at radius 2 is 1.67 bits per heavy atom. The number of fused-ring (bicyclic) bond motifs is 2. The van der Waals surface area contributed by atoms with Crippen LogP contribution in [0, 0.1) is 0 Å². The molecule has 2 aliphatic rings. The summed E-state index contributed by atoms with van der Waals surface area (Å²) in [5.74, 6) is -2.33. The second-order valence-corrected chi connectivity index (χ2v) is 4.44. The number of hydrogen-bond acceptors (Lipinski definition) is 4. The van der Waals surface area contributed by atoms with Crippen LogP contribution in [-0.2, 0) is 31.3 Å². The number of esters is 2. The molecule has 3 rings (SSSR count). The number of hydrogen-bond donors (Lipinski definition) is 0. The summed E-state index contributed by atoms with van der Waals surface area (Å²) in [6, 6.07) is 7.60. The highest BCUT2D eigenvalue weighted by Crippen LogP contribution is 2.40. The van der Waals surface area contributed by atoms with Crippen molar-refractivity contribution < 1.29 is 19.1 Å². The molecule has 4 heteroatoms. The molecule has 0 aromatic heterocycles. The first-order chi connectivity index (χ1) is 8.70. The molecule has 18 heavy (non-hydrogen) atoms. The monoisotopic (exact) mass is 244 g/mol. The fourth-order valence-electron chi connectivity index (χ4n) is 2.52. The Morgan fingerprint density at radius 1 is 1.00 bits per heavy atom. The van der Waals surface area contributed by atoms with Crippen molar-refractivity contribution in [3.05, 3.63) is 47.5 Å². The van der Waals surface area contributed by atoms with E-state index in [1.807, 2.05) is 24.3 Å². The fraction of sp³-hybridized carbons (Fsp3) is 0.286. The van der Waals surface area contributed by atoms with Gasteiger partial charge in [-0.25, -0.2) is 9.59 Å². The van der Waals surface area contributed by atoms with Crippen LogP contribution in [0.4, 0.5) is 0 Å². The van der Waals surface area contributed by atoms with E-state index in [4.69, 9.17) is 9.47 Å². The second-order valence-electron chi connectivity index (χ2n) is 4.44. The molecule has 0 saturated carbocycles. The van der Waals surface area contributed by atoms with Crippen molar-refractivity contribution in [1.82, 2.24) is 0 Å². The molecule has 92 valence electrons.